The van der Waals surface area contributed by atoms with Crippen molar-refractivity contribution in [3.63, 3.8) is 0 Å². The Morgan fingerprint density at radius 2 is 2.09 bits per heavy atom. The third-order valence-electron chi connectivity index (χ3n) is 3.21. The molecule has 1 amide bonds. The number of carbonyl (C=O) groups is 1. The first kappa shape index (κ1) is 16.0. The van der Waals surface area contributed by atoms with Crippen LogP contribution in [0.5, 0.6) is 0 Å². The van der Waals surface area contributed by atoms with E-state index in [1.54, 1.807) is 12.3 Å². The monoisotopic (exact) mass is 304 g/mol. The third kappa shape index (κ3) is 4.07. The maximum atomic E-state index is 12.1. The Hall–Kier alpha value is -2.37. The van der Waals surface area contributed by atoms with E-state index in [1.807, 2.05) is 26.8 Å². The Kier molecular flexibility index (Phi) is 4.49. The topological polar surface area (TPSA) is 72.7 Å². The molecule has 0 bridgehead atoms. The van der Waals surface area contributed by atoms with E-state index in [9.17, 15) is 14.9 Å². The molecule has 1 aromatic rings. The van der Waals surface area contributed by atoms with E-state index in [0.29, 0.717) is 6.54 Å². The lowest BCUT2D eigenvalue weighted by atomic mass is 9.99. The Morgan fingerprint density at radius 1 is 1.36 bits per heavy atom. The molecule has 1 aromatic carbocycles. The summed E-state index contributed by atoms with van der Waals surface area (Å²) >= 11 is 0. The summed E-state index contributed by atoms with van der Waals surface area (Å²) in [7, 11) is 0. The molecule has 118 valence electrons. The first-order valence-corrected chi connectivity index (χ1v) is 7.21. The molecular formula is C16H20N2O4. The third-order valence-corrected chi connectivity index (χ3v) is 3.21. The SMILES string of the molecule is CC(C)(C)OC(=O)N1C=C(c2cccc([N+](=O)[O-])c2)CCC1. The van der Waals surface area contributed by atoms with Crippen molar-refractivity contribution >= 4 is 17.4 Å². The molecule has 0 atom stereocenters. The van der Waals surface area contributed by atoms with Crippen molar-refractivity contribution in [2.45, 2.75) is 39.2 Å². The minimum atomic E-state index is -0.548. The number of carbonyl (C=O) groups excluding carboxylic acids is 1. The molecule has 0 saturated carbocycles. The normalized spacial score (nSPS) is 15.2. The van der Waals surface area contributed by atoms with Gasteiger partial charge >= 0.3 is 6.09 Å². The second-order valence-corrected chi connectivity index (χ2v) is 6.24. The number of nitro groups is 1. The van der Waals surface area contributed by atoms with Crippen molar-refractivity contribution in [3.8, 4) is 0 Å². The average molecular weight is 304 g/mol. The van der Waals surface area contributed by atoms with Crippen LogP contribution < -0.4 is 0 Å². The molecule has 6 nitrogen and oxygen atoms in total. The Labute approximate surface area is 129 Å². The summed E-state index contributed by atoms with van der Waals surface area (Å²) in [4.78, 5) is 24.1. The predicted octanol–water partition coefficient (Wildman–Crippen LogP) is 3.97. The number of nitro benzene ring substituents is 1. The van der Waals surface area contributed by atoms with Gasteiger partial charge in [0.2, 0.25) is 0 Å². The quantitative estimate of drug-likeness (QED) is 0.612. The largest absolute Gasteiger partial charge is 0.443 e. The Balaban J connectivity index is 2.22. The zero-order valence-corrected chi connectivity index (χ0v) is 13.0. The van der Waals surface area contributed by atoms with E-state index in [1.165, 1.54) is 17.0 Å². The second kappa shape index (κ2) is 6.17. The lowest BCUT2D eigenvalue weighted by Gasteiger charge is -2.28. The van der Waals surface area contributed by atoms with Crippen LogP contribution in [-0.2, 0) is 4.74 Å². The highest BCUT2D eigenvalue weighted by Gasteiger charge is 2.23. The summed E-state index contributed by atoms with van der Waals surface area (Å²) in [6, 6.07) is 6.46. The fourth-order valence-corrected chi connectivity index (χ4v) is 2.26. The van der Waals surface area contributed by atoms with Gasteiger partial charge in [0, 0.05) is 24.9 Å². The maximum Gasteiger partial charge on any atom is 0.414 e. The summed E-state index contributed by atoms with van der Waals surface area (Å²) < 4.78 is 5.36. The number of allylic oxidation sites excluding steroid dienone is 1. The van der Waals surface area contributed by atoms with E-state index in [2.05, 4.69) is 0 Å². The van der Waals surface area contributed by atoms with Crippen molar-refractivity contribution in [1.29, 1.82) is 0 Å². The number of amides is 1. The van der Waals surface area contributed by atoms with Crippen molar-refractivity contribution in [2.24, 2.45) is 0 Å². The van der Waals surface area contributed by atoms with E-state index >= 15 is 0 Å². The van der Waals surface area contributed by atoms with Gasteiger partial charge in [0.1, 0.15) is 5.60 Å². The maximum absolute atomic E-state index is 12.1. The van der Waals surface area contributed by atoms with Gasteiger partial charge in [-0.2, -0.15) is 0 Å². The predicted molar refractivity (Wildman–Crippen MR) is 83.2 cm³/mol. The van der Waals surface area contributed by atoms with Gasteiger partial charge in [-0.15, -0.1) is 0 Å². The zero-order chi connectivity index (χ0) is 16.3. The lowest BCUT2D eigenvalue weighted by molar-refractivity contribution is -0.384. The molecule has 1 heterocycles. The molecule has 0 spiro atoms. The Morgan fingerprint density at radius 3 is 2.73 bits per heavy atom. The fraction of sp³-hybridized carbons (Fsp3) is 0.438. The molecule has 1 aliphatic heterocycles. The van der Waals surface area contributed by atoms with Crippen LogP contribution in [0.1, 0.15) is 39.2 Å². The summed E-state index contributed by atoms with van der Waals surface area (Å²) in [6.45, 7) is 6.05. The average Bonchev–Trinajstić information content (AvgIpc) is 2.46. The van der Waals surface area contributed by atoms with Crippen molar-refractivity contribution in [3.05, 3.63) is 46.1 Å². The van der Waals surface area contributed by atoms with Crippen molar-refractivity contribution in [2.75, 3.05) is 6.54 Å². The number of ether oxygens (including phenoxy) is 1. The first-order valence-electron chi connectivity index (χ1n) is 7.21. The number of hydrogen-bond acceptors (Lipinski definition) is 4. The highest BCUT2D eigenvalue weighted by molar-refractivity contribution is 5.75. The van der Waals surface area contributed by atoms with Gasteiger partial charge in [0.05, 0.1) is 4.92 Å². The molecule has 6 heteroatoms. The molecule has 22 heavy (non-hydrogen) atoms. The van der Waals surface area contributed by atoms with E-state index < -0.39 is 16.6 Å². The van der Waals surface area contributed by atoms with Gasteiger partial charge in [-0.05, 0) is 44.7 Å². The van der Waals surface area contributed by atoms with Gasteiger partial charge in [0.15, 0.2) is 0 Å². The smallest absolute Gasteiger partial charge is 0.414 e. The first-order chi connectivity index (χ1) is 10.3. The summed E-state index contributed by atoms with van der Waals surface area (Å²) in [5, 5.41) is 10.9. The molecule has 0 N–H and O–H groups in total. The summed E-state index contributed by atoms with van der Waals surface area (Å²) in [6.07, 6.45) is 2.92. The summed E-state index contributed by atoms with van der Waals surface area (Å²) in [5.74, 6) is 0. The van der Waals surface area contributed by atoms with Crippen LogP contribution in [0.25, 0.3) is 5.57 Å². The number of hydrogen-bond donors (Lipinski definition) is 0. The van der Waals surface area contributed by atoms with Crippen molar-refractivity contribution < 1.29 is 14.5 Å². The van der Waals surface area contributed by atoms with E-state index in [4.69, 9.17) is 4.74 Å². The molecular weight excluding hydrogens is 284 g/mol. The van der Waals surface area contributed by atoms with Crippen LogP contribution in [0.15, 0.2) is 30.5 Å². The number of nitrogens with zero attached hydrogens (tertiary/aromatic N) is 2. The summed E-state index contributed by atoms with van der Waals surface area (Å²) in [5.41, 5.74) is 1.17. The van der Waals surface area contributed by atoms with Crippen LogP contribution in [0.2, 0.25) is 0 Å². The fourth-order valence-electron chi connectivity index (χ4n) is 2.26. The van der Waals surface area contributed by atoms with E-state index in [-0.39, 0.29) is 5.69 Å². The minimum absolute atomic E-state index is 0.0489. The highest BCUT2D eigenvalue weighted by Crippen LogP contribution is 2.28. The van der Waals surface area contributed by atoms with Gasteiger partial charge in [0.25, 0.3) is 5.69 Å². The van der Waals surface area contributed by atoms with E-state index in [0.717, 1.165) is 24.0 Å². The van der Waals surface area contributed by atoms with Gasteiger partial charge in [-0.25, -0.2) is 4.79 Å². The van der Waals surface area contributed by atoms with Gasteiger partial charge < -0.3 is 4.74 Å². The molecule has 0 fully saturated rings. The molecule has 0 unspecified atom stereocenters. The van der Waals surface area contributed by atoms with Crippen LogP contribution in [-0.4, -0.2) is 28.1 Å². The molecule has 0 aromatic heterocycles. The van der Waals surface area contributed by atoms with Gasteiger partial charge in [-0.1, -0.05) is 12.1 Å². The minimum Gasteiger partial charge on any atom is -0.443 e. The van der Waals surface area contributed by atoms with Crippen molar-refractivity contribution in [1.82, 2.24) is 4.90 Å². The van der Waals surface area contributed by atoms with Crippen LogP contribution in [0.3, 0.4) is 0 Å². The zero-order valence-electron chi connectivity index (χ0n) is 13.0. The molecule has 2 rings (SSSR count). The van der Waals surface area contributed by atoms with Crippen LogP contribution in [0.4, 0.5) is 10.5 Å². The number of benzene rings is 1. The molecule has 0 saturated heterocycles. The standard InChI is InChI=1S/C16H20N2O4/c1-16(2,3)22-15(19)17-9-5-7-13(11-17)12-6-4-8-14(10-12)18(20)21/h4,6,8,10-11H,5,7,9H2,1-3H3. The Bertz CT molecular complexity index is 617. The highest BCUT2D eigenvalue weighted by atomic mass is 16.6. The molecule has 0 aliphatic carbocycles. The number of non-ortho nitro benzene ring substituents is 1. The van der Waals surface area contributed by atoms with Crippen LogP contribution in [0, 0.1) is 10.1 Å². The molecule has 1 aliphatic rings. The lowest BCUT2D eigenvalue weighted by Crippen LogP contribution is -2.35. The number of rotatable bonds is 2. The second-order valence-electron chi connectivity index (χ2n) is 6.24. The van der Waals surface area contributed by atoms with Crippen LogP contribution >= 0.6 is 0 Å². The molecule has 0 radical (unpaired) electrons. The van der Waals surface area contributed by atoms with Gasteiger partial charge in [-0.3, -0.25) is 15.0 Å².